The quantitative estimate of drug-likeness (QED) is 0.114. The van der Waals surface area contributed by atoms with E-state index in [-0.39, 0.29) is 54.6 Å². The summed E-state index contributed by atoms with van der Waals surface area (Å²) in [6.07, 6.45) is 4.26. The minimum absolute atomic E-state index is 0. The molecule has 9 aromatic rings. The van der Waals surface area contributed by atoms with Gasteiger partial charge < -0.3 is 19.1 Å². The van der Waals surface area contributed by atoms with E-state index in [2.05, 4.69) is 288 Å². The molecule has 0 spiro atoms. The second kappa shape index (κ2) is 20.7. The zero-order chi connectivity index (χ0) is 53.2. The molecular formula is C70H73N4OPt-3. The smallest absolute Gasteiger partial charge is 0.135 e. The number of ether oxygens (including phenoxy) is 1. The molecule has 0 radical (unpaired) electrons. The third-order valence-electron chi connectivity index (χ3n) is 15.6. The van der Waals surface area contributed by atoms with Crippen LogP contribution in [0.4, 0.5) is 11.4 Å². The molecule has 6 heteroatoms. The Bertz CT molecular complexity index is 3490. The van der Waals surface area contributed by atoms with Crippen LogP contribution in [0.15, 0.2) is 170 Å². The number of hydrogen-bond acceptors (Lipinski definition) is 4. The maximum absolute atomic E-state index is 7.04. The van der Waals surface area contributed by atoms with Crippen molar-refractivity contribution in [2.45, 2.75) is 130 Å². The molecule has 0 unspecified atom stereocenters. The van der Waals surface area contributed by atoms with Gasteiger partial charge in [-0.05, 0) is 104 Å². The van der Waals surface area contributed by atoms with Crippen LogP contribution in [0.1, 0.15) is 159 Å². The number of nitrogens with zero attached hydrogens (tertiary/aromatic N) is 4. The van der Waals surface area contributed by atoms with Gasteiger partial charge >= 0.3 is 0 Å². The summed E-state index contributed by atoms with van der Waals surface area (Å²) in [4.78, 5) is 9.63. The minimum atomic E-state index is -0.284. The van der Waals surface area contributed by atoms with Crippen molar-refractivity contribution in [3.63, 3.8) is 0 Å². The second-order valence-corrected chi connectivity index (χ2v) is 24.3. The summed E-state index contributed by atoms with van der Waals surface area (Å²) in [6, 6.07) is 64.8. The summed E-state index contributed by atoms with van der Waals surface area (Å²) in [6.45, 7) is 34.4. The van der Waals surface area contributed by atoms with E-state index in [1.165, 1.54) is 50.1 Å². The minimum Gasteiger partial charge on any atom is -0.509 e. The van der Waals surface area contributed by atoms with E-state index >= 15 is 0 Å². The van der Waals surface area contributed by atoms with Gasteiger partial charge in [0.25, 0.3) is 0 Å². The van der Waals surface area contributed by atoms with E-state index in [0.717, 1.165) is 44.7 Å². The van der Waals surface area contributed by atoms with E-state index in [0.29, 0.717) is 11.5 Å². The number of fused-ring (bicyclic) bond motifs is 3. The van der Waals surface area contributed by atoms with Crippen LogP contribution in [0.5, 0.6) is 11.5 Å². The molecule has 1 aliphatic heterocycles. The Morgan fingerprint density at radius 3 is 1.70 bits per heavy atom. The van der Waals surface area contributed by atoms with Crippen molar-refractivity contribution in [1.29, 1.82) is 0 Å². The Balaban J connectivity index is 0.00000706. The van der Waals surface area contributed by atoms with Gasteiger partial charge in [0.1, 0.15) is 5.82 Å². The maximum Gasteiger partial charge on any atom is 0.135 e. The van der Waals surface area contributed by atoms with Crippen molar-refractivity contribution in [2.75, 3.05) is 9.80 Å². The fourth-order valence-electron chi connectivity index (χ4n) is 10.9. The van der Waals surface area contributed by atoms with Gasteiger partial charge in [-0.1, -0.05) is 211 Å². The third kappa shape index (κ3) is 10.2. The molecule has 3 heterocycles. The number of pyridine rings is 1. The fourth-order valence-corrected chi connectivity index (χ4v) is 10.9. The molecule has 0 saturated carbocycles. The summed E-state index contributed by atoms with van der Waals surface area (Å²) in [5.41, 5.74) is 15.5. The maximum atomic E-state index is 7.04. The van der Waals surface area contributed by atoms with Gasteiger partial charge in [0.15, 0.2) is 0 Å². The topological polar surface area (TPSA) is 33.5 Å². The van der Waals surface area contributed by atoms with E-state index in [1.54, 1.807) is 0 Å². The fraction of sp³-hybridized carbons (Fsp3) is 0.286. The SMILES string of the molecule is CC(C)c1cccc(C(C)C)c1C1=CN(c2cc(C(C)(C)c3ccccc3)cc(C(C)(C)c3ccccc3)c2)[CH-]N1c1[c-]c(Oc2[c-]c3c(c(C(C)(C)C)c2)c2ccccc2n3-c2cc(C(C)(C)C)ccn2)ccc1.[Pt]. The molecule has 76 heavy (non-hydrogen) atoms. The van der Waals surface area contributed by atoms with E-state index < -0.39 is 0 Å². The Hall–Kier alpha value is -6.68. The molecule has 2 aromatic heterocycles. The molecule has 1 aliphatic rings. The first kappa shape index (κ1) is 54.1. The van der Waals surface area contributed by atoms with Crippen molar-refractivity contribution in [1.82, 2.24) is 9.55 Å². The number of rotatable bonds is 12. The predicted octanol–water partition coefficient (Wildman–Crippen LogP) is 18.5. The van der Waals surface area contributed by atoms with E-state index in [1.807, 2.05) is 12.3 Å². The Kier molecular flexibility index (Phi) is 14.7. The molecule has 10 rings (SSSR count). The van der Waals surface area contributed by atoms with Gasteiger partial charge in [-0.25, -0.2) is 4.98 Å². The zero-order valence-corrected chi connectivity index (χ0v) is 49.2. The first-order chi connectivity index (χ1) is 35.6. The average Bonchev–Trinajstić information content (AvgIpc) is 4.00. The van der Waals surface area contributed by atoms with Crippen molar-refractivity contribution in [2.24, 2.45) is 0 Å². The molecule has 0 amide bonds. The second-order valence-electron chi connectivity index (χ2n) is 24.3. The molecule has 0 N–H and O–H groups in total. The summed E-state index contributed by atoms with van der Waals surface area (Å²) >= 11 is 0. The standard InChI is InChI=1S/C70H73N4O.Pt/c1-46(2)57-32-24-33-58(47(3)4)65(57)63-44-72(54-38-51(69(11,12)48-25-17-15-18-26-48)37-52(39-54)70(13,14)49-27-19-16-20-28-49)45-73(63)53-29-23-30-55(41-53)75-56-42-60(68(8,9)10)66-59-31-21-22-34-61(59)74(62(66)43-56)64-40-50(35-36-71-64)67(5,6)7;/h15-40,42,44-47H,1-14H3;/q-3;. The van der Waals surface area contributed by atoms with Crippen LogP contribution in [0.3, 0.4) is 0 Å². The molecule has 0 saturated heterocycles. The van der Waals surface area contributed by atoms with Crippen LogP contribution < -0.4 is 14.5 Å². The van der Waals surface area contributed by atoms with Gasteiger partial charge in [0, 0.05) is 72.1 Å². The van der Waals surface area contributed by atoms with Gasteiger partial charge in [-0.15, -0.1) is 48.3 Å². The molecule has 0 aliphatic carbocycles. The molecule has 7 aromatic carbocycles. The van der Waals surface area contributed by atoms with Gasteiger partial charge in [-0.3, -0.25) is 0 Å². The van der Waals surface area contributed by atoms with Crippen LogP contribution >= 0.6 is 0 Å². The summed E-state index contributed by atoms with van der Waals surface area (Å²) in [5, 5.41) is 2.32. The normalized spacial score (nSPS) is 13.5. The number of para-hydroxylation sites is 1. The van der Waals surface area contributed by atoms with Gasteiger partial charge in [0.2, 0.25) is 0 Å². The number of aromatic nitrogens is 2. The van der Waals surface area contributed by atoms with Crippen LogP contribution in [0, 0.1) is 18.8 Å². The summed E-state index contributed by atoms with van der Waals surface area (Å²) < 4.78 is 9.29. The number of benzene rings is 7. The van der Waals surface area contributed by atoms with Crippen LogP contribution in [0.25, 0.3) is 33.3 Å². The van der Waals surface area contributed by atoms with Crippen molar-refractivity contribution < 1.29 is 25.8 Å². The molecule has 5 nitrogen and oxygen atoms in total. The predicted molar refractivity (Wildman–Crippen MR) is 316 cm³/mol. The Labute approximate surface area is 467 Å². The molecule has 0 atom stereocenters. The van der Waals surface area contributed by atoms with Crippen molar-refractivity contribution >= 4 is 38.9 Å². The van der Waals surface area contributed by atoms with Gasteiger partial charge in [0.05, 0.1) is 0 Å². The Morgan fingerprint density at radius 1 is 0.539 bits per heavy atom. The average molecular weight is 1180 g/mol. The number of hydrogen-bond donors (Lipinski definition) is 0. The monoisotopic (exact) mass is 1180 g/mol. The van der Waals surface area contributed by atoms with Crippen LogP contribution in [-0.4, -0.2) is 9.55 Å². The molecule has 392 valence electrons. The largest absolute Gasteiger partial charge is 0.509 e. The Morgan fingerprint density at radius 2 is 1.12 bits per heavy atom. The third-order valence-corrected chi connectivity index (χ3v) is 15.6. The molecule has 0 bridgehead atoms. The van der Waals surface area contributed by atoms with E-state index in [4.69, 9.17) is 9.72 Å². The van der Waals surface area contributed by atoms with E-state index in [9.17, 15) is 0 Å². The van der Waals surface area contributed by atoms with Crippen molar-refractivity contribution in [3.8, 4) is 17.3 Å². The molecule has 0 fully saturated rings. The van der Waals surface area contributed by atoms with Gasteiger partial charge in [-0.2, -0.15) is 6.07 Å². The number of anilines is 2. The summed E-state index contributed by atoms with van der Waals surface area (Å²) in [7, 11) is 0. The van der Waals surface area contributed by atoms with Crippen LogP contribution in [-0.2, 0) is 42.7 Å². The molecular weight excluding hydrogens is 1110 g/mol. The van der Waals surface area contributed by atoms with Crippen molar-refractivity contribution in [3.05, 3.63) is 239 Å². The summed E-state index contributed by atoms with van der Waals surface area (Å²) in [5.74, 6) is 2.65. The van der Waals surface area contributed by atoms with Crippen LogP contribution in [0.2, 0.25) is 0 Å². The first-order valence-electron chi connectivity index (χ1n) is 26.8. The first-order valence-corrected chi connectivity index (χ1v) is 26.8. The zero-order valence-electron chi connectivity index (χ0n) is 46.9.